The minimum absolute atomic E-state index is 0.0364. The summed E-state index contributed by atoms with van der Waals surface area (Å²) in [7, 11) is 0. The molecule has 7 rings (SSSR count). The maximum atomic E-state index is 13.5. The van der Waals surface area contributed by atoms with Gasteiger partial charge in [-0.2, -0.15) is 0 Å². The van der Waals surface area contributed by atoms with Crippen molar-refractivity contribution in [1.29, 1.82) is 0 Å². The Bertz CT molecular complexity index is 2020. The Balaban J connectivity index is 1.07. The van der Waals surface area contributed by atoms with E-state index in [9.17, 15) is 19.2 Å². The number of hydrogen-bond donors (Lipinski definition) is 4. The van der Waals surface area contributed by atoms with E-state index in [0.717, 1.165) is 68.2 Å². The molecule has 0 radical (unpaired) electrons. The third-order valence-corrected chi connectivity index (χ3v) is 10.7. The van der Waals surface area contributed by atoms with Crippen LogP contribution in [0, 0.1) is 3.57 Å². The van der Waals surface area contributed by atoms with Crippen molar-refractivity contribution in [2.45, 2.75) is 50.1 Å². The zero-order chi connectivity index (χ0) is 34.6. The van der Waals surface area contributed by atoms with Crippen LogP contribution in [0.1, 0.15) is 48.3 Å². The largest absolute Gasteiger partial charge is 0.354 e. The van der Waals surface area contributed by atoms with Gasteiger partial charge >= 0.3 is 0 Å². The molecule has 1 unspecified atom stereocenters. The third-order valence-electron chi connectivity index (χ3n) is 9.63. The summed E-state index contributed by atoms with van der Waals surface area (Å²) in [6.07, 6.45) is 3.34. The van der Waals surface area contributed by atoms with Crippen LogP contribution in [0.2, 0.25) is 0 Å². The molecule has 5 aromatic rings. The molecule has 9 nitrogen and oxygen atoms in total. The lowest BCUT2D eigenvalue weighted by Gasteiger charge is -2.24. The molecule has 2 aliphatic rings. The van der Waals surface area contributed by atoms with Gasteiger partial charge < -0.3 is 20.5 Å². The number of likely N-dealkylation sites (tertiary alicyclic amines) is 1. The van der Waals surface area contributed by atoms with Crippen molar-refractivity contribution < 1.29 is 19.2 Å². The highest BCUT2D eigenvalue weighted by Gasteiger charge is 2.34. The van der Waals surface area contributed by atoms with Gasteiger partial charge in [-0.1, -0.05) is 84.9 Å². The number of nitrogens with zero attached hydrogens (tertiary/aromatic N) is 1. The topological polar surface area (TPSA) is 123 Å². The smallest absolute Gasteiger partial charge is 0.247 e. The Morgan fingerprint density at radius 3 is 2.26 bits per heavy atom. The molecule has 50 heavy (non-hydrogen) atoms. The zero-order valence-corrected chi connectivity index (χ0v) is 29.6. The number of carbonyl (C=O) groups excluding carboxylic acids is 4. The highest BCUT2D eigenvalue weighted by molar-refractivity contribution is 14.1. The maximum Gasteiger partial charge on any atom is 0.247 e. The van der Waals surface area contributed by atoms with Crippen LogP contribution in [-0.2, 0) is 25.6 Å². The Morgan fingerprint density at radius 1 is 0.820 bits per heavy atom. The average Bonchev–Trinajstić information content (AvgIpc) is 3.91. The first-order valence-electron chi connectivity index (χ1n) is 17.0. The summed E-state index contributed by atoms with van der Waals surface area (Å²) in [6.45, 7) is 1.35. The molecule has 10 heteroatoms. The van der Waals surface area contributed by atoms with Crippen LogP contribution in [0.25, 0.3) is 22.2 Å². The molecule has 0 bridgehead atoms. The highest BCUT2D eigenvalue weighted by atomic mass is 127. The van der Waals surface area contributed by atoms with Crippen molar-refractivity contribution in [1.82, 2.24) is 20.5 Å². The quantitative estimate of drug-likeness (QED) is 0.134. The van der Waals surface area contributed by atoms with E-state index in [0.29, 0.717) is 18.7 Å². The molecule has 0 spiro atoms. The predicted octanol–water partition coefficient (Wildman–Crippen LogP) is 6.14. The van der Waals surface area contributed by atoms with Gasteiger partial charge in [0.15, 0.2) is 0 Å². The van der Waals surface area contributed by atoms with Crippen molar-refractivity contribution in [2.24, 2.45) is 0 Å². The standard InChI is InChI=1S/C40H38IN5O4/c41-36-30-24-29(43-39(49)33-14-8-22-46(33)34(47)23-25-9-3-1-4-10-25)19-20-31(30)44-37(36)28-17-15-27(16-18-28)35(26-11-5-2-6-12-26)40(50)45-38(48)32-13-7-21-42-32/h1-6,9-12,15-20,24,32-33,35,42,44H,7-8,13-14,21-23H2,(H,43,49)(H,45,48,50)/t32?,33-,35-/m0/s1. The lowest BCUT2D eigenvalue weighted by Crippen LogP contribution is -2.45. The molecule has 254 valence electrons. The molecule has 4 aromatic carbocycles. The van der Waals surface area contributed by atoms with E-state index in [-0.39, 0.29) is 36.1 Å². The van der Waals surface area contributed by atoms with E-state index in [1.54, 1.807) is 4.90 Å². The van der Waals surface area contributed by atoms with Gasteiger partial charge in [-0.05, 0) is 95.3 Å². The van der Waals surface area contributed by atoms with Crippen LogP contribution in [-0.4, -0.2) is 58.7 Å². The average molecular weight is 780 g/mol. The fourth-order valence-electron chi connectivity index (χ4n) is 7.04. The molecule has 0 saturated carbocycles. The first kappa shape index (κ1) is 33.7. The van der Waals surface area contributed by atoms with Crippen LogP contribution in [0.4, 0.5) is 5.69 Å². The maximum absolute atomic E-state index is 13.5. The fraction of sp³-hybridized carbons (Fsp3) is 0.250. The van der Waals surface area contributed by atoms with Gasteiger partial charge in [0.1, 0.15) is 6.04 Å². The molecule has 3 atom stereocenters. The molecule has 2 aliphatic heterocycles. The lowest BCUT2D eigenvalue weighted by molar-refractivity contribution is -0.136. The molecule has 1 aromatic heterocycles. The number of carbonyl (C=O) groups is 4. The number of rotatable bonds is 9. The van der Waals surface area contributed by atoms with Crippen molar-refractivity contribution in [3.63, 3.8) is 0 Å². The minimum Gasteiger partial charge on any atom is -0.354 e. The van der Waals surface area contributed by atoms with Gasteiger partial charge in [-0.3, -0.25) is 24.5 Å². The van der Waals surface area contributed by atoms with Crippen molar-refractivity contribution in [2.75, 3.05) is 18.4 Å². The molecule has 3 heterocycles. The normalized spacial score (nSPS) is 17.8. The second-order valence-electron chi connectivity index (χ2n) is 12.9. The summed E-state index contributed by atoms with van der Waals surface area (Å²) in [5.74, 6) is -1.49. The number of fused-ring (bicyclic) bond motifs is 1. The number of nitrogens with one attached hydrogen (secondary N) is 4. The van der Waals surface area contributed by atoms with Gasteiger partial charge in [0, 0.05) is 26.7 Å². The monoisotopic (exact) mass is 779 g/mol. The molecule has 4 N–H and O–H groups in total. The number of benzene rings is 4. The molecule has 2 saturated heterocycles. The number of hydrogen-bond acceptors (Lipinski definition) is 5. The molecule has 4 amide bonds. The summed E-state index contributed by atoms with van der Waals surface area (Å²) in [6, 6.07) is 31.9. The van der Waals surface area contributed by atoms with Crippen molar-refractivity contribution >= 4 is 62.8 Å². The van der Waals surface area contributed by atoms with Gasteiger partial charge in [0.2, 0.25) is 23.6 Å². The number of aromatic amines is 1. The molecular formula is C40H38IN5O4. The zero-order valence-electron chi connectivity index (χ0n) is 27.5. The molecule has 0 aliphatic carbocycles. The third kappa shape index (κ3) is 7.22. The number of aromatic nitrogens is 1. The van der Waals surface area contributed by atoms with Gasteiger partial charge in [0.25, 0.3) is 0 Å². The van der Waals surface area contributed by atoms with Crippen molar-refractivity contribution in [3.05, 3.63) is 123 Å². The van der Waals surface area contributed by atoms with Crippen LogP contribution >= 0.6 is 22.6 Å². The van der Waals surface area contributed by atoms with E-state index >= 15 is 0 Å². The van der Waals surface area contributed by atoms with Gasteiger partial charge in [0.05, 0.1) is 24.1 Å². The lowest BCUT2D eigenvalue weighted by atomic mass is 9.89. The minimum atomic E-state index is -0.645. The number of H-pyrrole nitrogens is 1. The van der Waals surface area contributed by atoms with Gasteiger partial charge in [-0.25, -0.2) is 0 Å². The van der Waals surface area contributed by atoms with Crippen molar-refractivity contribution in [3.8, 4) is 11.3 Å². The van der Waals surface area contributed by atoms with E-state index < -0.39 is 12.0 Å². The Morgan fingerprint density at radius 2 is 1.54 bits per heavy atom. The summed E-state index contributed by atoms with van der Waals surface area (Å²) in [5.41, 5.74) is 5.98. The number of imide groups is 1. The first-order chi connectivity index (χ1) is 24.4. The van der Waals surface area contributed by atoms with Crippen LogP contribution < -0.4 is 16.0 Å². The van der Waals surface area contributed by atoms with E-state index in [2.05, 4.69) is 43.5 Å². The summed E-state index contributed by atoms with van der Waals surface area (Å²) in [5, 5.41) is 9.83. The first-order valence-corrected chi connectivity index (χ1v) is 18.1. The summed E-state index contributed by atoms with van der Waals surface area (Å²) in [4.78, 5) is 58.1. The Labute approximate surface area is 304 Å². The Kier molecular flexibility index (Phi) is 10.1. The van der Waals surface area contributed by atoms with E-state index in [4.69, 9.17) is 0 Å². The van der Waals surface area contributed by atoms with Crippen LogP contribution in [0.15, 0.2) is 103 Å². The van der Waals surface area contributed by atoms with Gasteiger partial charge in [-0.15, -0.1) is 0 Å². The summed E-state index contributed by atoms with van der Waals surface area (Å²) >= 11 is 2.32. The highest BCUT2D eigenvalue weighted by Crippen LogP contribution is 2.35. The van der Waals surface area contributed by atoms with E-state index in [1.165, 1.54) is 0 Å². The SMILES string of the molecule is O=C(NC(=O)[C@@H](c1ccccc1)c1ccc(-c2[nH]c3ccc(NC(=O)[C@@H]4CCCN4C(=O)Cc4ccccc4)cc3c2I)cc1)C1CCCN1. The van der Waals surface area contributed by atoms with E-state index in [1.807, 2.05) is 103 Å². The molecule has 2 fully saturated rings. The number of amides is 4. The number of anilines is 1. The predicted molar refractivity (Wildman–Crippen MR) is 202 cm³/mol. The van der Waals surface area contributed by atoms with Crippen LogP contribution in [0.5, 0.6) is 0 Å². The summed E-state index contributed by atoms with van der Waals surface area (Å²) < 4.78 is 0.994. The number of halogens is 1. The molecular weight excluding hydrogens is 741 g/mol. The second kappa shape index (κ2) is 15.0. The fourth-order valence-corrected chi connectivity index (χ4v) is 7.94. The van der Waals surface area contributed by atoms with Crippen LogP contribution in [0.3, 0.4) is 0 Å². The Hall–Kier alpha value is -4.81. The second-order valence-corrected chi connectivity index (χ2v) is 14.0.